The maximum Gasteiger partial charge on any atom is 0.312 e. The Kier molecular flexibility index (Phi) is 4.39. The fourth-order valence-corrected chi connectivity index (χ4v) is 2.87. The Morgan fingerprint density at radius 3 is 2.79 bits per heavy atom. The first-order valence-corrected chi connectivity index (χ1v) is 7.33. The lowest BCUT2D eigenvalue weighted by Gasteiger charge is -2.32. The highest BCUT2D eigenvalue weighted by Gasteiger charge is 2.26. The average molecular weight is 328 g/mol. The summed E-state index contributed by atoms with van der Waals surface area (Å²) in [5.74, 6) is 1.74. The van der Waals surface area contributed by atoms with Gasteiger partial charge in [0.25, 0.3) is 0 Å². The van der Waals surface area contributed by atoms with Gasteiger partial charge in [-0.05, 0) is 47.0 Å². The molecule has 0 amide bonds. The van der Waals surface area contributed by atoms with E-state index in [2.05, 4.69) is 40.1 Å². The Bertz CT molecular complexity index is 481. The monoisotopic (exact) mass is 327 g/mol. The molecule has 1 heterocycles. The van der Waals surface area contributed by atoms with Gasteiger partial charge < -0.3 is 5.32 Å². The molecule has 3 unspecified atom stereocenters. The molecule has 19 heavy (non-hydrogen) atoms. The fraction of sp³-hybridized carbons (Fsp3) is 0.615. The molecule has 1 aromatic heterocycles. The number of anilines is 1. The van der Waals surface area contributed by atoms with Crippen molar-refractivity contribution in [3.8, 4) is 0 Å². The molecule has 0 spiro atoms. The number of aromatic nitrogens is 1. The van der Waals surface area contributed by atoms with Gasteiger partial charge in [-0.1, -0.05) is 13.8 Å². The van der Waals surface area contributed by atoms with Crippen LogP contribution in [0.15, 0.2) is 16.7 Å². The first-order valence-electron chi connectivity index (χ1n) is 6.54. The largest absolute Gasteiger partial charge is 0.362 e. The van der Waals surface area contributed by atoms with Gasteiger partial charge in [-0.2, -0.15) is 0 Å². The average Bonchev–Trinajstić information content (AvgIpc) is 2.36. The number of pyridine rings is 1. The van der Waals surface area contributed by atoms with E-state index in [1.165, 1.54) is 6.07 Å². The summed E-state index contributed by atoms with van der Waals surface area (Å²) in [7, 11) is 0. The van der Waals surface area contributed by atoms with Crippen molar-refractivity contribution >= 4 is 27.4 Å². The molecule has 1 saturated carbocycles. The van der Waals surface area contributed by atoms with E-state index in [0.717, 1.165) is 25.2 Å². The number of nitrogens with one attached hydrogen (secondary N) is 1. The van der Waals surface area contributed by atoms with E-state index in [4.69, 9.17) is 0 Å². The molecule has 0 saturated heterocycles. The van der Waals surface area contributed by atoms with Crippen molar-refractivity contribution in [1.82, 2.24) is 4.98 Å². The Morgan fingerprint density at radius 2 is 2.16 bits per heavy atom. The fourth-order valence-electron chi connectivity index (χ4n) is 2.55. The lowest BCUT2D eigenvalue weighted by molar-refractivity contribution is -0.384. The van der Waals surface area contributed by atoms with Crippen LogP contribution in [0.5, 0.6) is 0 Å². The molecule has 5 nitrogen and oxygen atoms in total. The van der Waals surface area contributed by atoms with Gasteiger partial charge in [0.05, 0.1) is 4.92 Å². The van der Waals surface area contributed by atoms with Crippen LogP contribution in [0, 0.1) is 22.0 Å². The Labute approximate surface area is 121 Å². The van der Waals surface area contributed by atoms with Gasteiger partial charge in [0.1, 0.15) is 0 Å². The summed E-state index contributed by atoms with van der Waals surface area (Å²) in [6.45, 7) is 4.50. The maximum atomic E-state index is 11.0. The Hall–Kier alpha value is -1.17. The number of hydrogen-bond acceptors (Lipinski definition) is 4. The van der Waals surface area contributed by atoms with Crippen molar-refractivity contribution in [3.05, 3.63) is 26.9 Å². The summed E-state index contributed by atoms with van der Waals surface area (Å²) < 4.78 is 0.621. The van der Waals surface area contributed by atoms with E-state index < -0.39 is 4.92 Å². The Balaban J connectivity index is 2.13. The quantitative estimate of drug-likeness (QED) is 0.673. The van der Waals surface area contributed by atoms with Crippen molar-refractivity contribution < 1.29 is 4.92 Å². The molecule has 1 fully saturated rings. The lowest BCUT2D eigenvalue weighted by Crippen LogP contribution is -2.30. The number of hydrogen-bond donors (Lipinski definition) is 1. The minimum absolute atomic E-state index is 0.0284. The highest BCUT2D eigenvalue weighted by atomic mass is 79.9. The van der Waals surface area contributed by atoms with E-state index >= 15 is 0 Å². The van der Waals surface area contributed by atoms with Gasteiger partial charge >= 0.3 is 5.69 Å². The summed E-state index contributed by atoms with van der Waals surface area (Å²) in [5, 5.41) is 14.3. The second kappa shape index (κ2) is 5.86. The summed E-state index contributed by atoms with van der Waals surface area (Å²) in [5.41, 5.74) is 0.0284. The molecule has 1 aliphatic carbocycles. The van der Waals surface area contributed by atoms with Gasteiger partial charge in [-0.3, -0.25) is 10.1 Å². The highest BCUT2D eigenvalue weighted by molar-refractivity contribution is 9.10. The summed E-state index contributed by atoms with van der Waals surface area (Å²) in [4.78, 5) is 14.8. The number of rotatable bonds is 3. The van der Waals surface area contributed by atoms with Crippen LogP contribution in [0.1, 0.15) is 33.1 Å². The second-order valence-corrected chi connectivity index (χ2v) is 6.30. The third kappa shape index (κ3) is 3.43. The van der Waals surface area contributed by atoms with Crippen LogP contribution in [-0.4, -0.2) is 15.9 Å². The van der Waals surface area contributed by atoms with Crippen LogP contribution < -0.4 is 5.32 Å². The van der Waals surface area contributed by atoms with Gasteiger partial charge in [-0.15, -0.1) is 0 Å². The third-order valence-electron chi connectivity index (χ3n) is 3.97. The van der Waals surface area contributed by atoms with Gasteiger partial charge in [0.2, 0.25) is 5.82 Å². The molecule has 0 radical (unpaired) electrons. The number of nitro groups is 1. The molecule has 6 heteroatoms. The Morgan fingerprint density at radius 1 is 1.42 bits per heavy atom. The zero-order valence-corrected chi connectivity index (χ0v) is 12.7. The first kappa shape index (κ1) is 14.2. The molecule has 1 aliphatic rings. The molecular weight excluding hydrogens is 310 g/mol. The van der Waals surface area contributed by atoms with Gasteiger partial charge in [-0.25, -0.2) is 4.98 Å². The normalized spacial score (nSPS) is 27.0. The van der Waals surface area contributed by atoms with Crippen LogP contribution in [-0.2, 0) is 0 Å². The standard InChI is InChI=1S/C13H18BrN3O2/c1-8-3-4-11(5-9(8)2)16-13-12(17(18)19)6-10(14)7-15-13/h6-9,11H,3-5H2,1-2H3,(H,15,16). The van der Waals surface area contributed by atoms with E-state index in [-0.39, 0.29) is 11.7 Å². The number of halogens is 1. The molecule has 0 bridgehead atoms. The maximum absolute atomic E-state index is 11.0. The van der Waals surface area contributed by atoms with Gasteiger partial charge in [0.15, 0.2) is 0 Å². The predicted molar refractivity (Wildman–Crippen MR) is 78.2 cm³/mol. The predicted octanol–water partition coefficient (Wildman–Crippen LogP) is 3.99. The van der Waals surface area contributed by atoms with E-state index in [9.17, 15) is 10.1 Å². The topological polar surface area (TPSA) is 68.1 Å². The van der Waals surface area contributed by atoms with Crippen LogP contribution in [0.25, 0.3) is 0 Å². The molecule has 3 atom stereocenters. The van der Waals surface area contributed by atoms with Crippen LogP contribution in [0.2, 0.25) is 0 Å². The van der Waals surface area contributed by atoms with Crippen molar-refractivity contribution in [1.29, 1.82) is 0 Å². The van der Waals surface area contributed by atoms with Gasteiger partial charge in [0, 0.05) is 22.8 Å². The number of nitrogens with zero attached hydrogens (tertiary/aromatic N) is 2. The summed E-state index contributed by atoms with van der Waals surface area (Å²) in [6, 6.07) is 1.77. The van der Waals surface area contributed by atoms with E-state index in [0.29, 0.717) is 16.2 Å². The van der Waals surface area contributed by atoms with Crippen molar-refractivity contribution in [2.75, 3.05) is 5.32 Å². The third-order valence-corrected chi connectivity index (χ3v) is 4.40. The molecule has 104 valence electrons. The van der Waals surface area contributed by atoms with Crippen LogP contribution in [0.3, 0.4) is 0 Å². The molecule has 0 aliphatic heterocycles. The zero-order valence-electron chi connectivity index (χ0n) is 11.1. The van der Waals surface area contributed by atoms with Crippen LogP contribution >= 0.6 is 15.9 Å². The highest BCUT2D eigenvalue weighted by Crippen LogP contribution is 2.33. The van der Waals surface area contributed by atoms with Crippen molar-refractivity contribution in [2.45, 2.75) is 39.2 Å². The lowest BCUT2D eigenvalue weighted by atomic mass is 9.79. The van der Waals surface area contributed by atoms with Crippen molar-refractivity contribution in [2.24, 2.45) is 11.8 Å². The summed E-state index contributed by atoms with van der Waals surface area (Å²) >= 11 is 3.21. The molecule has 1 N–H and O–H groups in total. The van der Waals surface area contributed by atoms with Crippen molar-refractivity contribution in [3.63, 3.8) is 0 Å². The molecular formula is C13H18BrN3O2. The second-order valence-electron chi connectivity index (χ2n) is 5.39. The smallest absolute Gasteiger partial charge is 0.312 e. The van der Waals surface area contributed by atoms with Crippen LogP contribution in [0.4, 0.5) is 11.5 Å². The van der Waals surface area contributed by atoms with E-state index in [1.807, 2.05) is 0 Å². The molecule has 2 rings (SSSR count). The minimum atomic E-state index is -0.394. The summed E-state index contributed by atoms with van der Waals surface area (Å²) in [6.07, 6.45) is 4.82. The van der Waals surface area contributed by atoms with E-state index in [1.54, 1.807) is 6.20 Å². The molecule has 0 aromatic carbocycles. The SMILES string of the molecule is CC1CCC(Nc2ncc(Br)cc2[N+](=O)[O-])CC1C. The molecule has 1 aromatic rings. The first-order chi connectivity index (χ1) is 8.97. The zero-order chi connectivity index (χ0) is 14.0. The minimum Gasteiger partial charge on any atom is -0.362 e.